The van der Waals surface area contributed by atoms with E-state index in [2.05, 4.69) is 39.2 Å². The number of benzene rings is 3. The average molecular weight is 701 g/mol. The molecule has 8 nitrogen and oxygen atoms in total. The highest BCUT2D eigenvalue weighted by Crippen LogP contribution is 2.28. The topological polar surface area (TPSA) is 121 Å². The number of aryl methyl sites for hydroxylation is 1. The first kappa shape index (κ1) is 36.1. The lowest BCUT2D eigenvalue weighted by atomic mass is 9.81. The Morgan fingerprint density at radius 1 is 0.933 bits per heavy atom. The minimum absolute atomic E-state index is 0. The van der Waals surface area contributed by atoms with Gasteiger partial charge < -0.3 is 38.2 Å². The van der Waals surface area contributed by atoms with Crippen LogP contribution in [0, 0.1) is 11.8 Å². The molecular weight excluding hydrogens is 658 g/mol. The average Bonchev–Trinajstić information content (AvgIpc) is 3.04. The van der Waals surface area contributed by atoms with Gasteiger partial charge in [-0.15, -0.1) is 0 Å². The highest BCUT2D eigenvalue weighted by molar-refractivity contribution is 9.10. The van der Waals surface area contributed by atoms with Crippen molar-refractivity contribution in [2.75, 3.05) is 11.9 Å². The predicted molar refractivity (Wildman–Crippen MR) is 174 cm³/mol. The number of rotatable bonds is 13. The summed E-state index contributed by atoms with van der Waals surface area (Å²) in [5.41, 5.74) is 7.58. The lowest BCUT2D eigenvalue weighted by molar-refractivity contribution is -0.380. The molecule has 0 aromatic heterocycles. The monoisotopic (exact) mass is 699 g/mol. The molecule has 1 saturated carbocycles. The third-order valence-electron chi connectivity index (χ3n) is 8.17. The number of ether oxygens (including phenoxy) is 2. The van der Waals surface area contributed by atoms with Gasteiger partial charge in [0.2, 0.25) is 11.8 Å². The summed E-state index contributed by atoms with van der Waals surface area (Å²) >= 11 is 3.43. The van der Waals surface area contributed by atoms with Crippen LogP contribution >= 0.6 is 15.9 Å². The van der Waals surface area contributed by atoms with Gasteiger partial charge in [0.15, 0.2) is 0 Å². The SMILES string of the molecule is CCCCc1ccc(NC(=O)[C@H](Cc2ccc(OC(=O)OCc3ccccc3Br)cc2)NC(=O)C2CCC(C[NH3+])CC2)cc1.[Cl-]. The van der Waals surface area contributed by atoms with E-state index in [1.807, 2.05) is 48.5 Å². The number of carbonyl (C=O) groups is 3. The number of hydrogen-bond acceptors (Lipinski definition) is 5. The second-order valence-corrected chi connectivity index (χ2v) is 12.3. The van der Waals surface area contributed by atoms with Gasteiger partial charge in [0, 0.05) is 34.0 Å². The number of anilines is 1. The largest absolute Gasteiger partial charge is 1.00 e. The molecule has 0 radical (unpaired) electrons. The lowest BCUT2D eigenvalue weighted by Crippen LogP contribution is -3.00. The fraction of sp³-hybridized carbons (Fsp3) is 0.400. The lowest BCUT2D eigenvalue weighted by Gasteiger charge is -2.27. The van der Waals surface area contributed by atoms with Crippen LogP contribution < -0.4 is 33.5 Å². The van der Waals surface area contributed by atoms with Crippen molar-refractivity contribution in [2.45, 2.75) is 70.9 Å². The Morgan fingerprint density at radius 2 is 1.60 bits per heavy atom. The van der Waals surface area contributed by atoms with Crippen molar-refractivity contribution in [2.24, 2.45) is 11.8 Å². The van der Waals surface area contributed by atoms with Gasteiger partial charge in [-0.05, 0) is 80.0 Å². The van der Waals surface area contributed by atoms with Gasteiger partial charge in [-0.25, -0.2) is 4.79 Å². The van der Waals surface area contributed by atoms with Crippen molar-refractivity contribution in [1.29, 1.82) is 0 Å². The van der Waals surface area contributed by atoms with Crippen LogP contribution in [-0.4, -0.2) is 30.6 Å². The molecule has 0 unspecified atom stereocenters. The first-order valence-corrected chi connectivity index (χ1v) is 16.3. The molecule has 3 aromatic carbocycles. The minimum Gasteiger partial charge on any atom is -1.00 e. The third kappa shape index (κ3) is 11.5. The van der Waals surface area contributed by atoms with Crippen LogP contribution in [0.5, 0.6) is 5.75 Å². The normalized spacial score (nSPS) is 16.5. The molecule has 0 spiro atoms. The molecule has 1 aliphatic rings. The van der Waals surface area contributed by atoms with E-state index in [9.17, 15) is 14.4 Å². The van der Waals surface area contributed by atoms with Gasteiger partial charge in [-0.2, -0.15) is 0 Å². The van der Waals surface area contributed by atoms with E-state index >= 15 is 0 Å². The summed E-state index contributed by atoms with van der Waals surface area (Å²) < 4.78 is 11.4. The summed E-state index contributed by atoms with van der Waals surface area (Å²) in [4.78, 5) is 39.0. The van der Waals surface area contributed by atoms with Crippen LogP contribution in [0.15, 0.2) is 77.3 Å². The second kappa shape index (κ2) is 18.5. The second-order valence-electron chi connectivity index (χ2n) is 11.4. The number of unbranched alkanes of at least 4 members (excludes halogenated alkanes) is 1. The van der Waals surface area contributed by atoms with Gasteiger partial charge in [0.1, 0.15) is 18.4 Å². The fourth-order valence-electron chi connectivity index (χ4n) is 5.38. The standard InChI is InChI=1S/C35H42BrN3O5.ClH/c1-2-3-6-24-11-17-29(18-12-24)38-34(41)32(39-33(40)27-15-9-26(22-37)10-16-27)21-25-13-19-30(20-14-25)44-35(42)43-23-28-7-4-5-8-31(28)36;/h4-5,7-8,11-14,17-20,26-27,32H,2-3,6,9-10,15-16,21-23,37H2,1H3,(H,38,41)(H,39,40);1H/t26?,27?,32-;/m0./s1. The highest BCUT2D eigenvalue weighted by Gasteiger charge is 2.30. The van der Waals surface area contributed by atoms with Gasteiger partial charge in [0.25, 0.3) is 0 Å². The van der Waals surface area contributed by atoms with Crippen molar-refractivity contribution in [3.05, 3.63) is 94.0 Å². The number of carbonyl (C=O) groups excluding carboxylic acids is 3. The van der Waals surface area contributed by atoms with Crippen LogP contribution in [0.1, 0.15) is 62.1 Å². The Balaban J connectivity index is 0.00000552. The van der Waals surface area contributed by atoms with Crippen molar-refractivity contribution >= 4 is 39.6 Å². The zero-order chi connectivity index (χ0) is 31.3. The molecule has 0 bridgehead atoms. The van der Waals surface area contributed by atoms with Crippen LogP contribution in [-0.2, 0) is 33.8 Å². The van der Waals surface area contributed by atoms with Crippen molar-refractivity contribution in [3.63, 3.8) is 0 Å². The maximum atomic E-state index is 13.5. The summed E-state index contributed by atoms with van der Waals surface area (Å²) in [6.07, 6.45) is 6.30. The molecule has 0 heterocycles. The van der Waals surface area contributed by atoms with Crippen LogP contribution in [0.25, 0.3) is 0 Å². The van der Waals surface area contributed by atoms with E-state index in [1.54, 1.807) is 24.3 Å². The fourth-order valence-corrected chi connectivity index (χ4v) is 5.78. The van der Waals surface area contributed by atoms with Gasteiger partial charge in [-0.1, -0.05) is 71.7 Å². The zero-order valence-corrected chi connectivity index (χ0v) is 28.1. The number of amides is 2. The van der Waals surface area contributed by atoms with Gasteiger partial charge in [-0.3, -0.25) is 9.59 Å². The third-order valence-corrected chi connectivity index (χ3v) is 8.94. The van der Waals surface area contributed by atoms with Crippen LogP contribution in [0.4, 0.5) is 10.5 Å². The van der Waals surface area contributed by atoms with E-state index in [1.165, 1.54) is 5.56 Å². The number of quaternary nitrogens is 1. The number of hydrogen-bond donors (Lipinski definition) is 3. The molecule has 1 aliphatic carbocycles. The molecule has 1 atom stereocenters. The first-order chi connectivity index (χ1) is 21.3. The molecule has 242 valence electrons. The molecule has 5 N–H and O–H groups in total. The summed E-state index contributed by atoms with van der Waals surface area (Å²) in [5, 5.41) is 6.02. The molecule has 0 saturated heterocycles. The van der Waals surface area contributed by atoms with Gasteiger partial charge in [0.05, 0.1) is 6.54 Å². The summed E-state index contributed by atoms with van der Waals surface area (Å²) in [7, 11) is 0. The molecule has 3 aromatic rings. The van der Waals surface area contributed by atoms with Crippen LogP contribution in [0.2, 0.25) is 0 Å². The molecule has 2 amide bonds. The Morgan fingerprint density at radius 3 is 2.24 bits per heavy atom. The van der Waals surface area contributed by atoms with E-state index in [-0.39, 0.29) is 43.2 Å². The van der Waals surface area contributed by atoms with Crippen molar-refractivity contribution in [1.82, 2.24) is 5.32 Å². The van der Waals surface area contributed by atoms with Gasteiger partial charge >= 0.3 is 6.16 Å². The van der Waals surface area contributed by atoms with E-state index in [0.29, 0.717) is 17.4 Å². The number of halogens is 2. The van der Waals surface area contributed by atoms with Crippen molar-refractivity contribution < 1.29 is 42.0 Å². The molecule has 10 heteroatoms. The summed E-state index contributed by atoms with van der Waals surface area (Å²) in [6, 6.07) is 21.4. The van der Waals surface area contributed by atoms with E-state index in [4.69, 9.17) is 9.47 Å². The van der Waals surface area contributed by atoms with Crippen molar-refractivity contribution in [3.8, 4) is 5.75 Å². The molecule has 1 fully saturated rings. The van der Waals surface area contributed by atoms with Crippen LogP contribution in [0.3, 0.4) is 0 Å². The van der Waals surface area contributed by atoms with E-state index < -0.39 is 12.2 Å². The maximum absolute atomic E-state index is 13.5. The Labute approximate surface area is 280 Å². The molecule has 0 aliphatic heterocycles. The highest BCUT2D eigenvalue weighted by atomic mass is 79.9. The summed E-state index contributed by atoms with van der Waals surface area (Å²) in [6.45, 7) is 3.13. The zero-order valence-electron chi connectivity index (χ0n) is 25.7. The minimum atomic E-state index is -0.813. The first-order valence-electron chi connectivity index (χ1n) is 15.5. The Bertz CT molecular complexity index is 1380. The quantitative estimate of drug-likeness (QED) is 0.187. The smallest absolute Gasteiger partial charge is 0.514 e. The molecular formula is C35H43BrClN3O5. The Hall–Kier alpha value is -3.40. The van der Waals surface area contributed by atoms with E-state index in [0.717, 1.165) is 67.1 Å². The maximum Gasteiger partial charge on any atom is 0.514 e. The number of nitrogens with one attached hydrogen (secondary N) is 2. The molecule has 4 rings (SSSR count). The Kier molecular flexibility index (Phi) is 14.9. The predicted octanol–water partition coefficient (Wildman–Crippen LogP) is 3.23. The summed E-state index contributed by atoms with van der Waals surface area (Å²) in [5.74, 6) is 0.416. The molecule has 45 heavy (non-hydrogen) atoms.